The van der Waals surface area contributed by atoms with Crippen molar-refractivity contribution < 1.29 is 4.79 Å². The third-order valence-electron chi connectivity index (χ3n) is 3.19. The molecule has 0 unspecified atom stereocenters. The van der Waals surface area contributed by atoms with Gasteiger partial charge >= 0.3 is 5.69 Å². The lowest BCUT2D eigenvalue weighted by Crippen LogP contribution is -2.29. The minimum atomic E-state index is -0.533. The van der Waals surface area contributed by atoms with Crippen molar-refractivity contribution >= 4 is 5.91 Å². The normalized spacial score (nSPS) is 10.3. The molecule has 1 amide bonds. The molecule has 21 heavy (non-hydrogen) atoms. The van der Waals surface area contributed by atoms with E-state index >= 15 is 0 Å². The molecule has 0 spiro atoms. The molecule has 1 heterocycles. The summed E-state index contributed by atoms with van der Waals surface area (Å²) in [7, 11) is 0. The summed E-state index contributed by atoms with van der Waals surface area (Å²) in [6.45, 7) is 2.11. The fraction of sp³-hybridized carbons (Fsp3) is 0.267. The summed E-state index contributed by atoms with van der Waals surface area (Å²) >= 11 is 0. The average molecular weight is 287 g/mol. The van der Waals surface area contributed by atoms with Crippen LogP contribution in [0.4, 0.5) is 0 Å². The van der Waals surface area contributed by atoms with Gasteiger partial charge in [0.1, 0.15) is 0 Å². The fourth-order valence-electron chi connectivity index (χ4n) is 2.05. The van der Waals surface area contributed by atoms with Crippen molar-refractivity contribution in [1.29, 1.82) is 0 Å². The smallest absolute Gasteiger partial charge is 0.325 e. The molecule has 2 aromatic rings. The average Bonchev–Trinajstić information content (AvgIpc) is 2.45. The van der Waals surface area contributed by atoms with E-state index in [-0.39, 0.29) is 12.3 Å². The molecule has 6 nitrogen and oxygen atoms in total. The van der Waals surface area contributed by atoms with Crippen LogP contribution in [-0.4, -0.2) is 15.9 Å². The zero-order valence-electron chi connectivity index (χ0n) is 11.7. The maximum atomic E-state index is 11.8. The third kappa shape index (κ3) is 4.17. The van der Waals surface area contributed by atoms with Gasteiger partial charge in [0.05, 0.1) is 0 Å². The van der Waals surface area contributed by atoms with Gasteiger partial charge in [-0.1, -0.05) is 30.3 Å². The second kappa shape index (κ2) is 6.69. The maximum Gasteiger partial charge on any atom is 0.325 e. The molecule has 0 bridgehead atoms. The number of H-pyrrole nitrogens is 2. The minimum Gasteiger partial charge on any atom is -0.352 e. The highest BCUT2D eigenvalue weighted by Crippen LogP contribution is 2.01. The monoisotopic (exact) mass is 287 g/mol. The number of amides is 1. The fourth-order valence-corrected chi connectivity index (χ4v) is 2.05. The van der Waals surface area contributed by atoms with Gasteiger partial charge in [-0.15, -0.1) is 0 Å². The maximum absolute atomic E-state index is 11.8. The van der Waals surface area contributed by atoms with Crippen molar-refractivity contribution in [2.45, 2.75) is 26.3 Å². The highest BCUT2D eigenvalue weighted by molar-refractivity contribution is 5.76. The van der Waals surface area contributed by atoms with E-state index in [2.05, 4.69) is 15.3 Å². The lowest BCUT2D eigenvalue weighted by Gasteiger charge is -2.06. The van der Waals surface area contributed by atoms with E-state index < -0.39 is 11.2 Å². The first-order valence-corrected chi connectivity index (χ1v) is 6.69. The van der Waals surface area contributed by atoms with Crippen molar-refractivity contribution in [2.75, 3.05) is 0 Å². The van der Waals surface area contributed by atoms with Gasteiger partial charge in [0.25, 0.3) is 5.56 Å². The lowest BCUT2D eigenvalue weighted by atomic mass is 10.1. The van der Waals surface area contributed by atoms with Crippen LogP contribution in [0.1, 0.15) is 23.2 Å². The Labute approximate surface area is 121 Å². The van der Waals surface area contributed by atoms with Crippen molar-refractivity contribution in [3.8, 4) is 0 Å². The van der Waals surface area contributed by atoms with Crippen LogP contribution >= 0.6 is 0 Å². The van der Waals surface area contributed by atoms with Crippen LogP contribution in [0.3, 0.4) is 0 Å². The Morgan fingerprint density at radius 2 is 1.86 bits per heavy atom. The standard InChI is InChI=1S/C15H17N3O3/c1-10-12(14(20)18-15(21)17-10)7-8-13(19)16-9-11-5-3-2-4-6-11/h2-6H,7-9H2,1H3,(H,16,19)(H2,17,18,20,21). The largest absolute Gasteiger partial charge is 0.352 e. The van der Waals surface area contributed by atoms with Gasteiger partial charge in [0, 0.05) is 24.2 Å². The van der Waals surface area contributed by atoms with Gasteiger partial charge < -0.3 is 10.3 Å². The van der Waals surface area contributed by atoms with Crippen molar-refractivity contribution in [2.24, 2.45) is 0 Å². The molecular formula is C15H17N3O3. The van der Waals surface area contributed by atoms with Crippen LogP contribution in [-0.2, 0) is 17.8 Å². The van der Waals surface area contributed by atoms with Gasteiger partial charge in [-0.2, -0.15) is 0 Å². The number of nitrogens with one attached hydrogen (secondary N) is 3. The van der Waals surface area contributed by atoms with E-state index in [0.717, 1.165) is 5.56 Å². The lowest BCUT2D eigenvalue weighted by molar-refractivity contribution is -0.121. The zero-order chi connectivity index (χ0) is 15.2. The molecule has 0 aliphatic heterocycles. The Kier molecular flexibility index (Phi) is 4.71. The van der Waals surface area contributed by atoms with Gasteiger partial charge in [0.2, 0.25) is 5.91 Å². The summed E-state index contributed by atoms with van der Waals surface area (Å²) in [5, 5.41) is 2.80. The first kappa shape index (κ1) is 14.8. The number of carbonyl (C=O) groups is 1. The van der Waals surface area contributed by atoms with E-state index in [9.17, 15) is 14.4 Å². The highest BCUT2D eigenvalue weighted by atomic mass is 16.2. The molecule has 0 radical (unpaired) electrons. The summed E-state index contributed by atoms with van der Waals surface area (Å²) in [5.74, 6) is -0.135. The number of carbonyl (C=O) groups excluding carboxylic acids is 1. The number of hydrogen-bond donors (Lipinski definition) is 3. The van der Waals surface area contributed by atoms with Crippen LogP contribution in [0.15, 0.2) is 39.9 Å². The Morgan fingerprint density at radius 3 is 2.52 bits per heavy atom. The van der Waals surface area contributed by atoms with Crippen LogP contribution in [0.25, 0.3) is 0 Å². The molecule has 0 fully saturated rings. The van der Waals surface area contributed by atoms with E-state index in [1.807, 2.05) is 30.3 Å². The second-order valence-electron chi connectivity index (χ2n) is 4.77. The Hall–Kier alpha value is -2.63. The molecule has 0 aliphatic carbocycles. The number of rotatable bonds is 5. The van der Waals surface area contributed by atoms with Gasteiger partial charge in [-0.3, -0.25) is 14.6 Å². The molecule has 110 valence electrons. The Bertz CT molecular complexity index is 732. The predicted octanol–water partition coefficient (Wildman–Crippen LogP) is 0.621. The quantitative estimate of drug-likeness (QED) is 0.752. The molecule has 0 atom stereocenters. The number of hydrogen-bond acceptors (Lipinski definition) is 3. The Balaban J connectivity index is 1.90. The number of aromatic amines is 2. The summed E-state index contributed by atoms with van der Waals surface area (Å²) in [6, 6.07) is 9.58. The van der Waals surface area contributed by atoms with E-state index in [0.29, 0.717) is 24.2 Å². The SMILES string of the molecule is Cc1[nH]c(=O)[nH]c(=O)c1CCC(=O)NCc1ccccc1. The molecule has 3 N–H and O–H groups in total. The van der Waals surface area contributed by atoms with E-state index in [1.165, 1.54) is 0 Å². The van der Waals surface area contributed by atoms with E-state index in [4.69, 9.17) is 0 Å². The van der Waals surface area contributed by atoms with Crippen molar-refractivity contribution in [1.82, 2.24) is 15.3 Å². The second-order valence-corrected chi connectivity index (χ2v) is 4.77. The molecule has 0 saturated heterocycles. The number of benzene rings is 1. The first-order chi connectivity index (χ1) is 10.1. The van der Waals surface area contributed by atoms with Gasteiger partial charge in [-0.25, -0.2) is 4.79 Å². The summed E-state index contributed by atoms with van der Waals surface area (Å²) in [4.78, 5) is 39.2. The van der Waals surface area contributed by atoms with Gasteiger partial charge in [0.15, 0.2) is 0 Å². The summed E-state index contributed by atoms with van der Waals surface area (Å²) in [6.07, 6.45) is 0.487. The van der Waals surface area contributed by atoms with Gasteiger partial charge in [-0.05, 0) is 18.9 Å². The highest BCUT2D eigenvalue weighted by Gasteiger charge is 2.08. The van der Waals surface area contributed by atoms with Crippen LogP contribution in [0.2, 0.25) is 0 Å². The summed E-state index contributed by atoms with van der Waals surface area (Å²) < 4.78 is 0. The third-order valence-corrected chi connectivity index (χ3v) is 3.19. The molecule has 2 rings (SSSR count). The summed E-state index contributed by atoms with van der Waals surface area (Å²) in [5.41, 5.74) is 0.981. The van der Waals surface area contributed by atoms with Crippen LogP contribution in [0.5, 0.6) is 0 Å². The van der Waals surface area contributed by atoms with Crippen LogP contribution in [0, 0.1) is 6.92 Å². The molecule has 1 aromatic heterocycles. The van der Waals surface area contributed by atoms with Crippen LogP contribution < -0.4 is 16.6 Å². The minimum absolute atomic E-state index is 0.135. The number of aryl methyl sites for hydroxylation is 1. The molecule has 6 heteroatoms. The Morgan fingerprint density at radius 1 is 1.14 bits per heavy atom. The molecule has 0 aliphatic rings. The molecular weight excluding hydrogens is 270 g/mol. The van der Waals surface area contributed by atoms with Crippen molar-refractivity contribution in [3.63, 3.8) is 0 Å². The van der Waals surface area contributed by atoms with Crippen molar-refractivity contribution in [3.05, 3.63) is 68.0 Å². The molecule has 0 saturated carbocycles. The van der Waals surface area contributed by atoms with E-state index in [1.54, 1.807) is 6.92 Å². The first-order valence-electron chi connectivity index (χ1n) is 6.69. The molecule has 1 aromatic carbocycles. The number of aromatic nitrogens is 2. The predicted molar refractivity (Wildman–Crippen MR) is 79.0 cm³/mol. The zero-order valence-corrected chi connectivity index (χ0v) is 11.7. The topological polar surface area (TPSA) is 94.8 Å².